The van der Waals surface area contributed by atoms with Crippen molar-refractivity contribution < 1.29 is 19.1 Å². The fraction of sp³-hybridized carbons (Fsp3) is 0.263. The molecule has 2 aromatic heterocycles. The first-order chi connectivity index (χ1) is 13.6. The molecular formula is C19H17N5O4. The number of anilines is 1. The molecule has 3 aromatic rings. The number of aromatic nitrogens is 4. The lowest BCUT2D eigenvalue weighted by molar-refractivity contribution is -0.116. The number of hydrogen-bond acceptors (Lipinski definition) is 7. The van der Waals surface area contributed by atoms with E-state index in [0.717, 1.165) is 5.56 Å². The van der Waals surface area contributed by atoms with Crippen LogP contribution in [0, 0.1) is 0 Å². The molecule has 1 N–H and O–H groups in total. The van der Waals surface area contributed by atoms with Crippen molar-refractivity contribution in [2.45, 2.75) is 26.2 Å². The van der Waals surface area contributed by atoms with Gasteiger partial charge in [-0.2, -0.15) is 10.1 Å². The molecule has 0 saturated heterocycles. The van der Waals surface area contributed by atoms with E-state index >= 15 is 0 Å². The summed E-state index contributed by atoms with van der Waals surface area (Å²) < 4.78 is 6.70. The fourth-order valence-corrected chi connectivity index (χ4v) is 3.18. The van der Waals surface area contributed by atoms with Gasteiger partial charge in [0.1, 0.15) is 6.33 Å². The summed E-state index contributed by atoms with van der Waals surface area (Å²) in [4.78, 5) is 44.4. The van der Waals surface area contributed by atoms with Crippen LogP contribution in [0.1, 0.15) is 45.3 Å². The van der Waals surface area contributed by atoms with Crippen LogP contribution in [0.2, 0.25) is 0 Å². The molecule has 0 unspecified atom stereocenters. The molecule has 0 atom stereocenters. The van der Waals surface area contributed by atoms with Crippen molar-refractivity contribution in [2.75, 3.05) is 11.9 Å². The van der Waals surface area contributed by atoms with Crippen LogP contribution in [0.4, 0.5) is 5.69 Å². The maximum Gasteiger partial charge on any atom is 0.342 e. The topological polar surface area (TPSA) is 116 Å². The summed E-state index contributed by atoms with van der Waals surface area (Å²) in [6, 6.07) is 5.03. The molecule has 1 aromatic carbocycles. The zero-order valence-corrected chi connectivity index (χ0v) is 15.1. The first-order valence-electron chi connectivity index (χ1n) is 8.87. The Hall–Kier alpha value is -3.62. The van der Waals surface area contributed by atoms with Crippen LogP contribution in [0.3, 0.4) is 0 Å². The van der Waals surface area contributed by atoms with E-state index in [-0.39, 0.29) is 23.9 Å². The minimum absolute atomic E-state index is 0.0369. The Kier molecular flexibility index (Phi) is 4.56. The molecule has 9 nitrogen and oxygen atoms in total. The Balaban J connectivity index is 1.48. The third-order valence-electron chi connectivity index (χ3n) is 4.62. The third-order valence-corrected chi connectivity index (χ3v) is 4.62. The van der Waals surface area contributed by atoms with E-state index in [9.17, 15) is 14.4 Å². The average Bonchev–Trinajstić information content (AvgIpc) is 3.19. The highest BCUT2D eigenvalue weighted by atomic mass is 16.5. The van der Waals surface area contributed by atoms with Crippen LogP contribution < -0.4 is 5.32 Å². The van der Waals surface area contributed by atoms with Gasteiger partial charge in [0.25, 0.3) is 5.78 Å². The number of ether oxygens (including phenoxy) is 1. The molecule has 0 fully saturated rings. The molecule has 1 aliphatic rings. The van der Waals surface area contributed by atoms with Gasteiger partial charge in [-0.3, -0.25) is 9.59 Å². The zero-order chi connectivity index (χ0) is 19.7. The van der Waals surface area contributed by atoms with Gasteiger partial charge in [-0.25, -0.2) is 14.3 Å². The number of aryl methyl sites for hydroxylation is 2. The maximum atomic E-state index is 12.5. The van der Waals surface area contributed by atoms with Crippen LogP contribution in [-0.2, 0) is 22.4 Å². The predicted octanol–water partition coefficient (Wildman–Crippen LogP) is 1.61. The van der Waals surface area contributed by atoms with Crippen LogP contribution in [0.5, 0.6) is 0 Å². The molecule has 0 spiro atoms. The Morgan fingerprint density at radius 1 is 1.25 bits per heavy atom. The highest BCUT2D eigenvalue weighted by molar-refractivity contribution is 6.01. The summed E-state index contributed by atoms with van der Waals surface area (Å²) in [5.41, 5.74) is 2.91. The molecule has 0 bridgehead atoms. The molecule has 4 rings (SSSR count). The number of hydrogen-bond donors (Lipinski definition) is 1. The standard InChI is InChI=1S/C19H17N5O4/c1-2-15-13(8-20-19-21-10-22-24(15)19)18(27)28-9-16(25)12-3-5-14-11(7-12)4-6-17(26)23-14/h3,5,7-8,10H,2,4,6,9H2,1H3,(H,23,26). The summed E-state index contributed by atoms with van der Waals surface area (Å²) in [7, 11) is 0. The van der Waals surface area contributed by atoms with Gasteiger partial charge >= 0.3 is 5.97 Å². The average molecular weight is 379 g/mol. The quantitative estimate of drug-likeness (QED) is 0.529. The summed E-state index contributed by atoms with van der Waals surface area (Å²) in [6.07, 6.45) is 4.23. The Morgan fingerprint density at radius 2 is 2.11 bits per heavy atom. The number of carbonyl (C=O) groups excluding carboxylic acids is 3. The van der Waals surface area contributed by atoms with Gasteiger partial charge in [0.05, 0.1) is 11.3 Å². The van der Waals surface area contributed by atoms with E-state index in [1.54, 1.807) is 18.2 Å². The van der Waals surface area contributed by atoms with Crippen molar-refractivity contribution >= 4 is 29.1 Å². The summed E-state index contributed by atoms with van der Waals surface area (Å²) >= 11 is 0. The number of nitrogens with one attached hydrogen (secondary N) is 1. The Labute approximate surface area is 159 Å². The summed E-state index contributed by atoms with van der Waals surface area (Å²) in [5.74, 6) is -0.600. The first kappa shape index (κ1) is 17.8. The van der Waals surface area contributed by atoms with Gasteiger partial charge in [-0.05, 0) is 36.6 Å². The van der Waals surface area contributed by atoms with E-state index in [1.807, 2.05) is 6.92 Å². The van der Waals surface area contributed by atoms with E-state index in [0.29, 0.717) is 42.0 Å². The zero-order valence-electron chi connectivity index (χ0n) is 15.1. The minimum atomic E-state index is -0.639. The molecule has 0 saturated carbocycles. The molecular weight excluding hydrogens is 362 g/mol. The van der Waals surface area contributed by atoms with E-state index in [2.05, 4.69) is 20.4 Å². The normalized spacial score (nSPS) is 13.1. The second-order valence-electron chi connectivity index (χ2n) is 6.36. The Bertz CT molecular complexity index is 1100. The third kappa shape index (κ3) is 3.22. The lowest BCUT2D eigenvalue weighted by Crippen LogP contribution is -2.20. The van der Waals surface area contributed by atoms with Crippen LogP contribution in [-0.4, -0.2) is 43.8 Å². The number of ketones is 1. The smallest absolute Gasteiger partial charge is 0.342 e. The van der Waals surface area contributed by atoms with Crippen molar-refractivity contribution in [3.63, 3.8) is 0 Å². The first-order valence-corrected chi connectivity index (χ1v) is 8.87. The molecule has 142 valence electrons. The number of carbonyl (C=O) groups is 3. The van der Waals surface area contributed by atoms with Crippen LogP contribution in [0.15, 0.2) is 30.7 Å². The summed E-state index contributed by atoms with van der Waals surface area (Å²) in [5, 5.41) is 6.83. The van der Waals surface area contributed by atoms with Crippen molar-refractivity contribution in [3.8, 4) is 0 Å². The number of benzene rings is 1. The molecule has 28 heavy (non-hydrogen) atoms. The van der Waals surface area contributed by atoms with Gasteiger partial charge in [0, 0.05) is 23.9 Å². The maximum absolute atomic E-state index is 12.5. The van der Waals surface area contributed by atoms with Gasteiger partial charge in [0.15, 0.2) is 12.4 Å². The number of Topliss-reactive ketones (excluding diaryl/α,β-unsaturated/α-hetero) is 1. The second-order valence-corrected chi connectivity index (χ2v) is 6.36. The molecule has 1 aliphatic heterocycles. The molecule has 0 aliphatic carbocycles. The van der Waals surface area contributed by atoms with Crippen LogP contribution in [0.25, 0.3) is 5.78 Å². The number of amides is 1. The molecule has 1 amide bonds. The molecule has 3 heterocycles. The van der Waals surface area contributed by atoms with Crippen molar-refractivity contribution in [2.24, 2.45) is 0 Å². The number of rotatable bonds is 5. The lowest BCUT2D eigenvalue weighted by Gasteiger charge is -2.17. The van der Waals surface area contributed by atoms with Crippen molar-refractivity contribution in [1.29, 1.82) is 0 Å². The monoisotopic (exact) mass is 379 g/mol. The van der Waals surface area contributed by atoms with Gasteiger partial charge < -0.3 is 10.1 Å². The molecule has 9 heteroatoms. The second kappa shape index (κ2) is 7.18. The molecule has 0 radical (unpaired) electrons. The van der Waals surface area contributed by atoms with Gasteiger partial charge in [-0.1, -0.05) is 6.92 Å². The van der Waals surface area contributed by atoms with Gasteiger partial charge in [0.2, 0.25) is 5.91 Å². The van der Waals surface area contributed by atoms with E-state index < -0.39 is 5.97 Å². The minimum Gasteiger partial charge on any atom is -0.454 e. The number of fused-ring (bicyclic) bond motifs is 2. The van der Waals surface area contributed by atoms with E-state index in [1.165, 1.54) is 17.0 Å². The SMILES string of the molecule is CCc1c(C(=O)OCC(=O)c2ccc3c(c2)CCC(=O)N3)cnc2ncnn12. The van der Waals surface area contributed by atoms with Gasteiger partial charge in [-0.15, -0.1) is 0 Å². The van der Waals surface area contributed by atoms with Crippen LogP contribution >= 0.6 is 0 Å². The highest BCUT2D eigenvalue weighted by Gasteiger charge is 2.20. The number of esters is 1. The highest BCUT2D eigenvalue weighted by Crippen LogP contribution is 2.23. The number of nitrogens with zero attached hydrogens (tertiary/aromatic N) is 4. The largest absolute Gasteiger partial charge is 0.454 e. The predicted molar refractivity (Wildman–Crippen MR) is 98.2 cm³/mol. The van der Waals surface area contributed by atoms with Crippen molar-refractivity contribution in [1.82, 2.24) is 19.6 Å². The Morgan fingerprint density at radius 3 is 2.93 bits per heavy atom. The van der Waals surface area contributed by atoms with E-state index in [4.69, 9.17) is 4.74 Å². The fourth-order valence-electron chi connectivity index (χ4n) is 3.18. The van der Waals surface area contributed by atoms with Crippen molar-refractivity contribution in [3.05, 3.63) is 53.1 Å². The summed E-state index contributed by atoms with van der Waals surface area (Å²) in [6.45, 7) is 1.49. The lowest BCUT2D eigenvalue weighted by atomic mass is 9.99.